The van der Waals surface area contributed by atoms with Gasteiger partial charge in [-0.3, -0.25) is 0 Å². The maximum Gasteiger partial charge on any atom is 0.356 e. The van der Waals surface area contributed by atoms with Crippen molar-refractivity contribution in [2.45, 2.75) is 38.6 Å². The Balaban J connectivity index is 1.84. The van der Waals surface area contributed by atoms with E-state index in [1.54, 1.807) is 23.9 Å². The van der Waals surface area contributed by atoms with E-state index in [9.17, 15) is 9.18 Å². The Morgan fingerprint density at radius 2 is 2.12 bits per heavy atom. The van der Waals surface area contributed by atoms with Crippen LogP contribution in [0.3, 0.4) is 0 Å². The highest BCUT2D eigenvalue weighted by Gasteiger charge is 2.26. The Morgan fingerprint density at radius 3 is 2.82 bits per heavy atom. The van der Waals surface area contributed by atoms with Gasteiger partial charge in [0.1, 0.15) is 5.82 Å². The van der Waals surface area contributed by atoms with Crippen molar-refractivity contribution >= 4 is 28.6 Å². The lowest BCUT2D eigenvalue weighted by atomic mass is 9.89. The molecule has 1 fully saturated rings. The monoisotopic (exact) mass is 474 g/mol. The Labute approximate surface area is 197 Å². The first kappa shape index (κ1) is 23.6. The summed E-state index contributed by atoms with van der Waals surface area (Å²) in [5, 5.41) is 9.22. The largest absolute Gasteiger partial charge is 0.464 e. The highest BCUT2D eigenvalue weighted by Crippen LogP contribution is 2.34. The summed E-state index contributed by atoms with van der Waals surface area (Å²) in [6.45, 7) is 5.47. The van der Waals surface area contributed by atoms with Crippen LogP contribution >= 0.6 is 11.6 Å². The first-order chi connectivity index (χ1) is 15.8. The van der Waals surface area contributed by atoms with Gasteiger partial charge in [-0.05, 0) is 55.5 Å². The van der Waals surface area contributed by atoms with Crippen LogP contribution in [-0.2, 0) is 9.47 Å². The molecule has 1 N–H and O–H groups in total. The lowest BCUT2D eigenvalue weighted by Gasteiger charge is -2.30. The van der Waals surface area contributed by atoms with Crippen molar-refractivity contribution in [1.29, 1.82) is 0 Å². The fraction of sp³-hybridized carbons (Fsp3) is 0.458. The van der Waals surface area contributed by atoms with E-state index in [1.807, 2.05) is 13.8 Å². The number of nitrogens with zero attached hydrogens (tertiary/aromatic N) is 3. The Hall–Kier alpha value is -2.55. The van der Waals surface area contributed by atoms with E-state index in [1.165, 1.54) is 19.2 Å². The number of esters is 1. The van der Waals surface area contributed by atoms with Crippen molar-refractivity contribution in [2.24, 2.45) is 5.92 Å². The van der Waals surface area contributed by atoms with Gasteiger partial charge in [0.25, 0.3) is 0 Å². The van der Waals surface area contributed by atoms with E-state index in [-0.39, 0.29) is 23.5 Å². The molecule has 0 spiro atoms. The van der Waals surface area contributed by atoms with Crippen LogP contribution in [-0.4, -0.2) is 48.1 Å². The van der Waals surface area contributed by atoms with Crippen molar-refractivity contribution in [3.05, 3.63) is 52.1 Å². The van der Waals surface area contributed by atoms with Crippen LogP contribution in [0.1, 0.15) is 60.4 Å². The molecule has 2 unspecified atom stereocenters. The molecule has 0 aliphatic carbocycles. The van der Waals surface area contributed by atoms with Gasteiger partial charge >= 0.3 is 5.97 Å². The molecule has 4 rings (SSSR count). The lowest BCUT2D eigenvalue weighted by Crippen LogP contribution is -2.34. The number of rotatable bonds is 6. The van der Waals surface area contributed by atoms with Gasteiger partial charge in [0.05, 0.1) is 28.9 Å². The molecule has 33 heavy (non-hydrogen) atoms. The molecular weight excluding hydrogens is 447 g/mol. The molecule has 0 bridgehead atoms. The van der Waals surface area contributed by atoms with E-state index < -0.39 is 5.97 Å². The van der Waals surface area contributed by atoms with Crippen molar-refractivity contribution in [3.63, 3.8) is 0 Å². The number of benzene rings is 1. The van der Waals surface area contributed by atoms with Crippen LogP contribution in [0.2, 0.25) is 5.02 Å². The quantitative estimate of drug-likeness (QED) is 0.516. The molecule has 0 amide bonds. The molecule has 1 aliphatic rings. The minimum absolute atomic E-state index is 0.0618. The van der Waals surface area contributed by atoms with Gasteiger partial charge in [-0.15, -0.1) is 0 Å². The normalized spacial score (nSPS) is 18.8. The third-order valence-electron chi connectivity index (χ3n) is 6.07. The topological polar surface area (TPSA) is 78.3 Å². The fourth-order valence-electron chi connectivity index (χ4n) is 4.44. The Morgan fingerprint density at radius 1 is 1.33 bits per heavy atom. The second-order valence-corrected chi connectivity index (χ2v) is 9.10. The van der Waals surface area contributed by atoms with Gasteiger partial charge in [-0.2, -0.15) is 5.10 Å². The van der Waals surface area contributed by atoms with Crippen molar-refractivity contribution in [1.82, 2.24) is 20.1 Å². The second kappa shape index (κ2) is 9.75. The predicted octanol–water partition coefficient (Wildman–Crippen LogP) is 4.81. The summed E-state index contributed by atoms with van der Waals surface area (Å²) in [4.78, 5) is 16.6. The first-order valence-corrected chi connectivity index (χ1v) is 11.4. The van der Waals surface area contributed by atoms with Crippen LogP contribution < -0.4 is 5.32 Å². The van der Waals surface area contributed by atoms with Gasteiger partial charge in [0.15, 0.2) is 11.3 Å². The number of ether oxygens (including phenoxy) is 2. The van der Waals surface area contributed by atoms with E-state index in [4.69, 9.17) is 26.2 Å². The maximum atomic E-state index is 14.9. The maximum absolute atomic E-state index is 14.9. The molecule has 7 nitrogen and oxygen atoms in total. The zero-order valence-corrected chi connectivity index (χ0v) is 19.9. The molecule has 2 aromatic heterocycles. The molecular formula is C24H28ClFN4O3. The summed E-state index contributed by atoms with van der Waals surface area (Å²) in [5.41, 5.74) is 2.48. The second-order valence-electron chi connectivity index (χ2n) is 8.69. The summed E-state index contributed by atoms with van der Waals surface area (Å²) in [5.74, 6) is -0.443. The summed E-state index contributed by atoms with van der Waals surface area (Å²) in [6.07, 6.45) is 1.77. The number of fused-ring (bicyclic) bond motifs is 1. The van der Waals surface area contributed by atoms with E-state index in [2.05, 4.69) is 10.3 Å². The smallest absolute Gasteiger partial charge is 0.356 e. The number of hydrogen-bond acceptors (Lipinski definition) is 6. The standard InChI is InChI=1S/C24H28ClFN4O3/c1-13(2)22-21-17(25)11-20(24(31)33-4)28-23(21)30(29-22)15-5-6-18(26)16(10-15)19-9-14(12-32-3)7-8-27-19/h5-6,10-11,13-14,19,27H,7-9,12H2,1-4H3. The van der Waals surface area contributed by atoms with Crippen LogP contribution in [0.4, 0.5) is 4.39 Å². The predicted molar refractivity (Wildman–Crippen MR) is 125 cm³/mol. The molecule has 1 aromatic carbocycles. The van der Waals surface area contributed by atoms with Crippen LogP contribution in [0.25, 0.3) is 16.7 Å². The van der Waals surface area contributed by atoms with Crippen molar-refractivity contribution in [2.75, 3.05) is 27.4 Å². The molecule has 1 saturated heterocycles. The SMILES string of the molecule is COCC1CCNC(c2cc(-n3nc(C(C)C)c4c(Cl)cc(C(=O)OC)nc43)ccc2F)C1. The molecule has 3 aromatic rings. The van der Waals surface area contributed by atoms with Gasteiger partial charge in [0, 0.05) is 25.3 Å². The van der Waals surface area contributed by atoms with E-state index in [0.717, 1.165) is 25.1 Å². The third-order valence-corrected chi connectivity index (χ3v) is 6.37. The molecule has 9 heteroatoms. The van der Waals surface area contributed by atoms with Gasteiger partial charge < -0.3 is 14.8 Å². The number of nitrogens with one attached hydrogen (secondary N) is 1. The Kier molecular flexibility index (Phi) is 6.97. The molecule has 0 radical (unpaired) electrons. The number of aromatic nitrogens is 3. The van der Waals surface area contributed by atoms with Crippen molar-refractivity contribution < 1.29 is 18.7 Å². The Bertz CT molecular complexity index is 1180. The van der Waals surface area contributed by atoms with Gasteiger partial charge in [0.2, 0.25) is 0 Å². The highest BCUT2D eigenvalue weighted by atomic mass is 35.5. The van der Waals surface area contributed by atoms with E-state index in [0.29, 0.717) is 39.8 Å². The summed E-state index contributed by atoms with van der Waals surface area (Å²) in [7, 11) is 2.98. The number of methoxy groups -OCH3 is 2. The number of piperidine rings is 1. The summed E-state index contributed by atoms with van der Waals surface area (Å²) < 4.78 is 26.7. The lowest BCUT2D eigenvalue weighted by molar-refractivity contribution is 0.0594. The zero-order chi connectivity index (χ0) is 23.7. The van der Waals surface area contributed by atoms with Crippen LogP contribution in [0.15, 0.2) is 24.3 Å². The number of carbonyl (C=O) groups is 1. The molecule has 176 valence electrons. The van der Waals surface area contributed by atoms with E-state index >= 15 is 0 Å². The van der Waals surface area contributed by atoms with Crippen LogP contribution in [0, 0.1) is 11.7 Å². The molecule has 0 saturated carbocycles. The molecule has 2 atom stereocenters. The minimum Gasteiger partial charge on any atom is -0.464 e. The zero-order valence-electron chi connectivity index (χ0n) is 19.2. The fourth-order valence-corrected chi connectivity index (χ4v) is 4.72. The number of hydrogen-bond donors (Lipinski definition) is 1. The summed E-state index contributed by atoms with van der Waals surface area (Å²) >= 11 is 6.55. The molecule has 1 aliphatic heterocycles. The number of halogens is 2. The van der Waals surface area contributed by atoms with Crippen LogP contribution in [0.5, 0.6) is 0 Å². The third kappa shape index (κ3) is 4.60. The average molecular weight is 475 g/mol. The van der Waals surface area contributed by atoms with Gasteiger partial charge in [-0.25, -0.2) is 18.9 Å². The number of pyridine rings is 1. The first-order valence-electron chi connectivity index (χ1n) is 11.0. The average Bonchev–Trinajstić information content (AvgIpc) is 3.20. The highest BCUT2D eigenvalue weighted by molar-refractivity contribution is 6.35. The van der Waals surface area contributed by atoms with Gasteiger partial charge in [-0.1, -0.05) is 25.4 Å². The molecule has 3 heterocycles. The summed E-state index contributed by atoms with van der Waals surface area (Å²) in [6, 6.07) is 6.25. The number of carbonyl (C=O) groups excluding carboxylic acids is 1. The minimum atomic E-state index is -0.590. The van der Waals surface area contributed by atoms with Crippen molar-refractivity contribution in [3.8, 4) is 5.69 Å².